The summed E-state index contributed by atoms with van der Waals surface area (Å²) < 4.78 is 18.9. The third-order valence-electron chi connectivity index (χ3n) is 2.77. The first-order valence-electron chi connectivity index (χ1n) is 6.14. The Balaban J connectivity index is 2.32. The van der Waals surface area contributed by atoms with Gasteiger partial charge in [-0.3, -0.25) is 4.99 Å². The van der Waals surface area contributed by atoms with Crippen molar-refractivity contribution in [3.05, 3.63) is 52.7 Å². The molecular formula is C15H13ClFNO2. The minimum Gasteiger partial charge on any atom is -0.462 e. The largest absolute Gasteiger partial charge is 0.462 e. The van der Waals surface area contributed by atoms with Crippen molar-refractivity contribution in [2.75, 3.05) is 6.61 Å². The number of alkyl halides is 1. The van der Waals surface area contributed by atoms with Crippen molar-refractivity contribution in [3.8, 4) is 0 Å². The number of aliphatic imine (C=N–C) groups is 1. The lowest BCUT2D eigenvalue weighted by atomic mass is 9.99. The summed E-state index contributed by atoms with van der Waals surface area (Å²) in [5.41, 5.74) is 1.36. The predicted molar refractivity (Wildman–Crippen MR) is 77.7 cm³/mol. The number of halogens is 2. The van der Waals surface area contributed by atoms with Crippen molar-refractivity contribution in [1.29, 1.82) is 0 Å². The van der Waals surface area contributed by atoms with Crippen LogP contribution in [0.1, 0.15) is 22.8 Å². The van der Waals surface area contributed by atoms with Crippen LogP contribution in [0, 0.1) is 0 Å². The van der Waals surface area contributed by atoms with E-state index < -0.39 is 12.1 Å². The smallest absolute Gasteiger partial charge is 0.338 e. The van der Waals surface area contributed by atoms with Crippen LogP contribution in [0.15, 0.2) is 46.6 Å². The second-order valence-electron chi connectivity index (χ2n) is 4.08. The van der Waals surface area contributed by atoms with Crippen LogP contribution in [-0.2, 0) is 4.74 Å². The van der Waals surface area contributed by atoms with Gasteiger partial charge in [0, 0.05) is 18.0 Å². The van der Waals surface area contributed by atoms with E-state index in [-0.39, 0.29) is 5.03 Å². The zero-order chi connectivity index (χ0) is 14.5. The van der Waals surface area contributed by atoms with Crippen molar-refractivity contribution < 1.29 is 13.9 Å². The molecule has 0 N–H and O–H groups in total. The highest BCUT2D eigenvalue weighted by Crippen LogP contribution is 2.28. The van der Waals surface area contributed by atoms with Crippen LogP contribution in [0.2, 0.25) is 0 Å². The molecule has 1 aromatic carbocycles. The number of nitrogens with zero attached hydrogens (tertiary/aromatic N) is 1. The lowest BCUT2D eigenvalue weighted by Crippen LogP contribution is -2.06. The van der Waals surface area contributed by atoms with Gasteiger partial charge in [0.15, 0.2) is 0 Å². The average Bonchev–Trinajstić information content (AvgIpc) is 2.60. The summed E-state index contributed by atoms with van der Waals surface area (Å²) in [6, 6.07) is 6.46. The van der Waals surface area contributed by atoms with Crippen molar-refractivity contribution >= 4 is 29.4 Å². The summed E-state index contributed by atoms with van der Waals surface area (Å²) in [5, 5.41) is 0.242. The summed E-state index contributed by atoms with van der Waals surface area (Å²) in [5.74, 6) is -0.404. The third-order valence-corrected chi connectivity index (χ3v) is 3.07. The van der Waals surface area contributed by atoms with E-state index in [0.717, 1.165) is 0 Å². The van der Waals surface area contributed by atoms with E-state index in [1.165, 1.54) is 18.5 Å². The fraction of sp³-hybridized carbons (Fsp3) is 0.200. The quantitative estimate of drug-likeness (QED) is 0.796. The molecule has 1 aliphatic heterocycles. The number of hydrogen-bond donors (Lipinski definition) is 0. The fourth-order valence-corrected chi connectivity index (χ4v) is 2.10. The zero-order valence-electron chi connectivity index (χ0n) is 10.8. The molecule has 1 unspecified atom stereocenters. The molecule has 0 saturated carbocycles. The molecule has 1 heterocycles. The minimum absolute atomic E-state index is 0.242. The van der Waals surface area contributed by atoms with Crippen molar-refractivity contribution in [2.24, 2.45) is 4.99 Å². The van der Waals surface area contributed by atoms with Crippen LogP contribution in [0.5, 0.6) is 0 Å². The maximum atomic E-state index is 14.0. The van der Waals surface area contributed by atoms with E-state index in [2.05, 4.69) is 4.99 Å². The summed E-state index contributed by atoms with van der Waals surface area (Å²) >= 11 is 6.03. The fourth-order valence-electron chi connectivity index (χ4n) is 1.83. The van der Waals surface area contributed by atoms with Gasteiger partial charge in [0.1, 0.15) is 6.17 Å². The van der Waals surface area contributed by atoms with Crippen LogP contribution in [-0.4, -0.2) is 25.0 Å². The van der Waals surface area contributed by atoms with Crippen LogP contribution < -0.4 is 0 Å². The maximum Gasteiger partial charge on any atom is 0.338 e. The second-order valence-corrected chi connectivity index (χ2v) is 4.49. The van der Waals surface area contributed by atoms with Gasteiger partial charge in [-0.25, -0.2) is 9.18 Å². The van der Waals surface area contributed by atoms with Crippen molar-refractivity contribution in [1.82, 2.24) is 0 Å². The van der Waals surface area contributed by atoms with Gasteiger partial charge in [0.05, 0.1) is 17.2 Å². The zero-order valence-corrected chi connectivity index (χ0v) is 11.6. The Labute approximate surface area is 121 Å². The molecule has 0 aromatic heterocycles. The minimum atomic E-state index is -1.33. The maximum absolute atomic E-state index is 14.0. The number of allylic oxidation sites excluding steroid dienone is 3. The Hall–Kier alpha value is -1.94. The van der Waals surface area contributed by atoms with E-state index in [1.54, 1.807) is 31.2 Å². The number of benzene rings is 1. The van der Waals surface area contributed by atoms with Crippen LogP contribution in [0.25, 0.3) is 5.57 Å². The normalized spacial score (nSPS) is 18.1. The topological polar surface area (TPSA) is 38.7 Å². The lowest BCUT2D eigenvalue weighted by Gasteiger charge is -2.11. The molecule has 3 nitrogen and oxygen atoms in total. The van der Waals surface area contributed by atoms with Crippen LogP contribution in [0.4, 0.5) is 4.39 Å². The lowest BCUT2D eigenvalue weighted by molar-refractivity contribution is 0.0526. The van der Waals surface area contributed by atoms with Gasteiger partial charge in [0.2, 0.25) is 0 Å². The molecule has 0 aliphatic carbocycles. The molecule has 2 rings (SSSR count). The Kier molecular flexibility index (Phi) is 4.69. The molecule has 0 bridgehead atoms. The molecule has 0 amide bonds. The van der Waals surface area contributed by atoms with Crippen molar-refractivity contribution in [3.63, 3.8) is 0 Å². The summed E-state index contributed by atoms with van der Waals surface area (Å²) in [6.07, 6.45) is 2.75. The number of carbonyl (C=O) groups excluding carboxylic acids is 1. The highest BCUT2D eigenvalue weighted by atomic mass is 35.5. The first-order valence-corrected chi connectivity index (χ1v) is 6.52. The third kappa shape index (κ3) is 3.14. The number of hydrogen-bond acceptors (Lipinski definition) is 3. The molecule has 0 radical (unpaired) electrons. The molecule has 20 heavy (non-hydrogen) atoms. The standard InChI is InChI=1S/C15H13ClFNO2/c1-2-20-15(19)11-5-3-10(4-6-11)14-12(16)9-18-8-7-13(14)17/h3-9,13H,2H2,1H3. The van der Waals surface area contributed by atoms with E-state index in [1.807, 2.05) is 0 Å². The van der Waals surface area contributed by atoms with E-state index >= 15 is 0 Å². The highest BCUT2D eigenvalue weighted by molar-refractivity contribution is 6.42. The van der Waals surface area contributed by atoms with Gasteiger partial charge in [-0.2, -0.15) is 0 Å². The van der Waals surface area contributed by atoms with E-state index in [4.69, 9.17) is 16.3 Å². The first-order chi connectivity index (χ1) is 9.63. The summed E-state index contributed by atoms with van der Waals surface area (Å²) in [4.78, 5) is 15.4. The SMILES string of the molecule is CCOC(=O)c1ccc(C2=C(Cl)C=NC=CC2F)cc1. The summed E-state index contributed by atoms with van der Waals surface area (Å²) in [6.45, 7) is 2.05. The van der Waals surface area contributed by atoms with E-state index in [0.29, 0.717) is 23.3 Å². The van der Waals surface area contributed by atoms with Crippen molar-refractivity contribution in [2.45, 2.75) is 13.1 Å². The monoisotopic (exact) mass is 293 g/mol. The molecule has 1 aromatic rings. The molecule has 0 spiro atoms. The molecule has 1 atom stereocenters. The number of carbonyl (C=O) groups is 1. The van der Waals surface area contributed by atoms with Gasteiger partial charge in [-0.1, -0.05) is 23.7 Å². The number of ether oxygens (including phenoxy) is 1. The van der Waals surface area contributed by atoms with Gasteiger partial charge in [0.25, 0.3) is 0 Å². The molecular weight excluding hydrogens is 281 g/mol. The number of esters is 1. The highest BCUT2D eigenvalue weighted by Gasteiger charge is 2.18. The number of rotatable bonds is 3. The molecule has 0 saturated heterocycles. The van der Waals surface area contributed by atoms with Gasteiger partial charge in [-0.15, -0.1) is 0 Å². The Bertz CT molecular complexity index is 590. The molecule has 5 heteroatoms. The van der Waals surface area contributed by atoms with Gasteiger partial charge < -0.3 is 4.74 Å². The molecule has 0 fully saturated rings. The molecule has 1 aliphatic rings. The second kappa shape index (κ2) is 6.48. The van der Waals surface area contributed by atoms with E-state index in [9.17, 15) is 9.18 Å². The molecule has 104 valence electrons. The van der Waals surface area contributed by atoms with Gasteiger partial charge in [-0.05, 0) is 30.7 Å². The Morgan fingerprint density at radius 3 is 2.75 bits per heavy atom. The average molecular weight is 294 g/mol. The van der Waals surface area contributed by atoms with Crippen LogP contribution >= 0.6 is 11.6 Å². The Morgan fingerprint density at radius 1 is 1.40 bits per heavy atom. The Morgan fingerprint density at radius 2 is 2.10 bits per heavy atom. The van der Waals surface area contributed by atoms with Gasteiger partial charge >= 0.3 is 5.97 Å². The predicted octanol–water partition coefficient (Wildman–Crippen LogP) is 3.75. The summed E-state index contributed by atoms with van der Waals surface area (Å²) in [7, 11) is 0. The first kappa shape index (κ1) is 14.5. The van der Waals surface area contributed by atoms with Crippen LogP contribution in [0.3, 0.4) is 0 Å².